The Morgan fingerprint density at radius 3 is 2.05 bits per heavy atom. The largest absolute Gasteiger partial charge is 0.455 e. The summed E-state index contributed by atoms with van der Waals surface area (Å²) in [5, 5.41) is 4.79. The Bertz CT molecular complexity index is 3130. The molecule has 2 nitrogen and oxygen atoms in total. The highest BCUT2D eigenvalue weighted by Crippen LogP contribution is 2.50. The smallest absolute Gasteiger partial charge is 0.143 e. The maximum atomic E-state index is 7.02. The third kappa shape index (κ3) is 5.08. The van der Waals surface area contributed by atoms with Crippen molar-refractivity contribution >= 4 is 82.2 Å². The Morgan fingerprint density at radius 1 is 0.554 bits per heavy atom. The van der Waals surface area contributed by atoms with E-state index in [0.29, 0.717) is 0 Å². The second kappa shape index (κ2) is 12.7. The number of anilines is 3. The molecular formula is C53H37NOS. The fourth-order valence-electron chi connectivity index (χ4n) is 9.00. The first-order chi connectivity index (χ1) is 27.5. The van der Waals surface area contributed by atoms with Crippen molar-refractivity contribution in [2.75, 3.05) is 4.90 Å². The predicted molar refractivity (Wildman–Crippen MR) is 239 cm³/mol. The highest BCUT2D eigenvalue weighted by molar-refractivity contribution is 7.25. The lowest BCUT2D eigenvalue weighted by Gasteiger charge is -2.26. The number of hydrogen-bond donors (Lipinski definition) is 0. The maximum absolute atomic E-state index is 7.02. The molecule has 2 heterocycles. The number of para-hydroxylation sites is 3. The molecule has 0 saturated heterocycles. The summed E-state index contributed by atoms with van der Waals surface area (Å²) in [4.78, 5) is 2.33. The van der Waals surface area contributed by atoms with Crippen LogP contribution in [0.1, 0.15) is 41.7 Å². The van der Waals surface area contributed by atoms with Crippen molar-refractivity contribution < 1.29 is 4.42 Å². The van der Waals surface area contributed by atoms with Crippen LogP contribution in [0.3, 0.4) is 0 Å². The van der Waals surface area contributed by atoms with Crippen LogP contribution in [0, 0.1) is 0 Å². The average Bonchev–Trinajstić information content (AvgIpc) is 3.89. The molecule has 0 aliphatic heterocycles. The Hall–Kier alpha value is -6.68. The van der Waals surface area contributed by atoms with Crippen LogP contribution >= 0.6 is 11.3 Å². The molecule has 0 unspecified atom stereocenters. The zero-order chi connectivity index (χ0) is 37.4. The lowest BCUT2D eigenvalue weighted by Crippen LogP contribution is -2.15. The van der Waals surface area contributed by atoms with Gasteiger partial charge in [0.05, 0.1) is 11.1 Å². The van der Waals surface area contributed by atoms with Gasteiger partial charge >= 0.3 is 0 Å². The predicted octanol–water partition coefficient (Wildman–Crippen LogP) is 15.3. The maximum Gasteiger partial charge on any atom is 0.143 e. The van der Waals surface area contributed by atoms with Crippen molar-refractivity contribution in [2.45, 2.75) is 19.3 Å². The van der Waals surface area contributed by atoms with E-state index in [4.69, 9.17) is 4.42 Å². The minimum atomic E-state index is -0.123. The highest BCUT2D eigenvalue weighted by Gasteiger charge is 2.35. The van der Waals surface area contributed by atoms with Crippen LogP contribution in [0.4, 0.5) is 17.1 Å². The fourth-order valence-corrected chi connectivity index (χ4v) is 10.2. The molecule has 0 bridgehead atoms. The van der Waals surface area contributed by atoms with Gasteiger partial charge in [-0.1, -0.05) is 141 Å². The summed E-state index contributed by atoms with van der Waals surface area (Å²) in [6.07, 6.45) is 2.36. The van der Waals surface area contributed by atoms with Crippen LogP contribution in [-0.4, -0.2) is 0 Å². The SMILES string of the molecule is CC1(C)c2ccccc2-c2ccc(/C(=C/c3ccc4c(c3)sc3ccccc34)c3cccc4c3oc3cccc(N(c5ccccc5)c5ccccc5)c34)cc21. The first-order valence-electron chi connectivity index (χ1n) is 19.3. The van der Waals surface area contributed by atoms with E-state index in [0.717, 1.165) is 55.7 Å². The third-order valence-corrected chi connectivity index (χ3v) is 12.8. The quantitative estimate of drug-likeness (QED) is 0.158. The monoisotopic (exact) mass is 735 g/mol. The summed E-state index contributed by atoms with van der Waals surface area (Å²) in [6.45, 7) is 4.71. The summed E-state index contributed by atoms with van der Waals surface area (Å²) in [5.74, 6) is 0. The molecule has 1 aliphatic carbocycles. The van der Waals surface area contributed by atoms with Gasteiger partial charge in [0.15, 0.2) is 0 Å². The van der Waals surface area contributed by atoms with Gasteiger partial charge in [-0.05, 0) is 99.6 Å². The van der Waals surface area contributed by atoms with E-state index in [1.165, 1.54) is 48.0 Å². The minimum Gasteiger partial charge on any atom is -0.455 e. The number of thiophene rings is 1. The molecule has 11 rings (SSSR count). The molecule has 0 fully saturated rings. The molecular weight excluding hydrogens is 699 g/mol. The van der Waals surface area contributed by atoms with Crippen LogP contribution in [0.2, 0.25) is 0 Å². The van der Waals surface area contributed by atoms with Crippen molar-refractivity contribution in [3.63, 3.8) is 0 Å². The molecule has 0 saturated carbocycles. The first kappa shape index (κ1) is 32.7. The van der Waals surface area contributed by atoms with E-state index in [1.807, 2.05) is 11.3 Å². The molecule has 0 spiro atoms. The number of fused-ring (bicyclic) bond motifs is 9. The normalized spacial score (nSPS) is 13.4. The number of hydrogen-bond acceptors (Lipinski definition) is 3. The van der Waals surface area contributed by atoms with Gasteiger partial charge in [-0.25, -0.2) is 0 Å². The summed E-state index contributed by atoms with van der Waals surface area (Å²) in [5.41, 5.74) is 14.8. The molecule has 2 aromatic heterocycles. The first-order valence-corrected chi connectivity index (χ1v) is 20.1. The number of rotatable bonds is 6. The Labute approximate surface area is 330 Å². The fraction of sp³-hybridized carbons (Fsp3) is 0.0566. The molecule has 1 aliphatic rings. The highest BCUT2D eigenvalue weighted by atomic mass is 32.1. The van der Waals surface area contributed by atoms with E-state index in [2.05, 4.69) is 207 Å². The van der Waals surface area contributed by atoms with Gasteiger partial charge in [-0.3, -0.25) is 0 Å². The lowest BCUT2D eigenvalue weighted by atomic mass is 9.81. The van der Waals surface area contributed by atoms with Gasteiger partial charge in [0.1, 0.15) is 11.2 Å². The van der Waals surface area contributed by atoms with Gasteiger partial charge in [0.25, 0.3) is 0 Å². The Balaban J connectivity index is 1.15. The van der Waals surface area contributed by atoms with Gasteiger partial charge in [0.2, 0.25) is 0 Å². The molecule has 56 heavy (non-hydrogen) atoms. The standard InChI is InChI=1S/C53H37NOS/c1-53(2)45-23-11-9-19-38(45)39-30-28-35(33-46(39)53)44(31-34-27-29-41-40-20-10-12-26-49(40)56-50(41)32-34)42-21-13-22-43-51-47(24-14-25-48(51)55-52(42)43)54(36-15-5-3-6-16-36)37-17-7-4-8-18-37/h3-33H,1-2H3/b44-31-. The van der Waals surface area contributed by atoms with E-state index in [-0.39, 0.29) is 5.41 Å². The second-order valence-corrected chi connectivity index (χ2v) is 16.4. The topological polar surface area (TPSA) is 16.4 Å². The van der Waals surface area contributed by atoms with Crippen LogP contribution in [0.15, 0.2) is 186 Å². The average molecular weight is 736 g/mol. The van der Waals surface area contributed by atoms with E-state index in [9.17, 15) is 0 Å². The molecule has 0 N–H and O–H groups in total. The summed E-state index contributed by atoms with van der Waals surface area (Å²) >= 11 is 1.86. The molecule has 8 aromatic carbocycles. The number of benzene rings is 8. The lowest BCUT2D eigenvalue weighted by molar-refractivity contribution is 0.660. The van der Waals surface area contributed by atoms with Gasteiger partial charge < -0.3 is 9.32 Å². The van der Waals surface area contributed by atoms with E-state index in [1.54, 1.807) is 0 Å². The van der Waals surface area contributed by atoms with Gasteiger partial charge in [-0.2, -0.15) is 0 Å². The number of nitrogens with zero attached hydrogens (tertiary/aromatic N) is 1. The zero-order valence-corrected chi connectivity index (χ0v) is 32.0. The van der Waals surface area contributed by atoms with Gasteiger partial charge in [0, 0.05) is 47.9 Å². The molecule has 0 radical (unpaired) electrons. The molecule has 10 aromatic rings. The van der Waals surface area contributed by atoms with Crippen molar-refractivity contribution in [2.24, 2.45) is 0 Å². The van der Waals surface area contributed by atoms with Crippen molar-refractivity contribution in [3.05, 3.63) is 210 Å². The van der Waals surface area contributed by atoms with Crippen molar-refractivity contribution in [1.82, 2.24) is 0 Å². The molecule has 3 heteroatoms. The zero-order valence-electron chi connectivity index (χ0n) is 31.2. The van der Waals surface area contributed by atoms with E-state index < -0.39 is 0 Å². The van der Waals surface area contributed by atoms with Crippen molar-refractivity contribution in [1.29, 1.82) is 0 Å². The molecule has 266 valence electrons. The summed E-state index contributed by atoms with van der Waals surface area (Å²) in [7, 11) is 0. The van der Waals surface area contributed by atoms with Crippen LogP contribution < -0.4 is 4.90 Å². The van der Waals surface area contributed by atoms with Crippen LogP contribution in [0.5, 0.6) is 0 Å². The number of furan rings is 1. The van der Waals surface area contributed by atoms with Crippen LogP contribution in [-0.2, 0) is 5.41 Å². The Kier molecular flexibility index (Phi) is 7.42. The summed E-state index contributed by atoms with van der Waals surface area (Å²) in [6, 6.07) is 65.8. The van der Waals surface area contributed by atoms with Gasteiger partial charge in [-0.15, -0.1) is 11.3 Å². The second-order valence-electron chi connectivity index (χ2n) is 15.3. The molecule has 0 amide bonds. The Morgan fingerprint density at radius 2 is 1.23 bits per heavy atom. The van der Waals surface area contributed by atoms with E-state index >= 15 is 0 Å². The summed E-state index contributed by atoms with van der Waals surface area (Å²) < 4.78 is 9.62. The molecule has 0 atom stereocenters. The minimum absolute atomic E-state index is 0.123. The third-order valence-electron chi connectivity index (χ3n) is 11.7. The van der Waals surface area contributed by atoms with Crippen molar-refractivity contribution in [3.8, 4) is 11.1 Å². The van der Waals surface area contributed by atoms with Crippen LogP contribution in [0.25, 0.3) is 64.9 Å².